The molecule has 1 aromatic heterocycles. The van der Waals surface area contributed by atoms with E-state index in [-0.39, 0.29) is 18.4 Å². The number of amides is 1. The van der Waals surface area contributed by atoms with Gasteiger partial charge in [0.15, 0.2) is 0 Å². The van der Waals surface area contributed by atoms with E-state index < -0.39 is 11.9 Å². The van der Waals surface area contributed by atoms with Gasteiger partial charge in [0.1, 0.15) is 12.1 Å². The van der Waals surface area contributed by atoms with Gasteiger partial charge in [-0.3, -0.25) is 9.59 Å². The van der Waals surface area contributed by atoms with Crippen LogP contribution < -0.4 is 4.74 Å². The van der Waals surface area contributed by atoms with Gasteiger partial charge >= 0.3 is 5.97 Å². The van der Waals surface area contributed by atoms with Gasteiger partial charge in [-0.2, -0.15) is 0 Å². The molecule has 2 heterocycles. The number of tetrazole rings is 1. The number of methoxy groups -OCH3 is 1. The highest BCUT2D eigenvalue weighted by Gasteiger charge is 2.41. The summed E-state index contributed by atoms with van der Waals surface area (Å²) < 4.78 is 6.93. The minimum Gasteiger partial charge on any atom is -0.496 e. The van der Waals surface area contributed by atoms with Gasteiger partial charge in [0, 0.05) is 32.0 Å². The standard InChI is InChI=1S/C17H21N5O4/c1-26-15-6-3-2-5-12(15)13-9-21(10-14(13)17(24)25)16(23)7-4-8-22-11-18-19-20-22/h2-3,5-6,11,13-14H,4,7-10H2,1H3,(H,24,25). The molecular weight excluding hydrogens is 338 g/mol. The van der Waals surface area contributed by atoms with E-state index in [1.165, 1.54) is 6.33 Å². The zero-order chi connectivity index (χ0) is 18.5. The molecular formula is C17H21N5O4. The van der Waals surface area contributed by atoms with E-state index in [2.05, 4.69) is 15.5 Å². The largest absolute Gasteiger partial charge is 0.496 e. The van der Waals surface area contributed by atoms with E-state index >= 15 is 0 Å². The lowest BCUT2D eigenvalue weighted by Crippen LogP contribution is -2.29. The molecule has 9 nitrogen and oxygen atoms in total. The summed E-state index contributed by atoms with van der Waals surface area (Å²) in [5.41, 5.74) is 0.825. The number of aliphatic carboxylic acids is 1. The second kappa shape index (κ2) is 7.94. The predicted molar refractivity (Wildman–Crippen MR) is 90.5 cm³/mol. The minimum absolute atomic E-state index is 0.0540. The molecule has 2 unspecified atom stereocenters. The van der Waals surface area contributed by atoms with E-state index in [1.54, 1.807) is 16.7 Å². The first kappa shape index (κ1) is 17.8. The smallest absolute Gasteiger partial charge is 0.308 e. The second-order valence-corrected chi connectivity index (χ2v) is 6.27. The van der Waals surface area contributed by atoms with Crippen LogP contribution >= 0.6 is 0 Å². The van der Waals surface area contributed by atoms with E-state index in [1.807, 2.05) is 24.3 Å². The molecule has 1 N–H and O–H groups in total. The second-order valence-electron chi connectivity index (χ2n) is 6.27. The summed E-state index contributed by atoms with van der Waals surface area (Å²) >= 11 is 0. The Morgan fingerprint density at radius 3 is 2.81 bits per heavy atom. The van der Waals surface area contributed by atoms with Crippen molar-refractivity contribution in [2.24, 2.45) is 5.92 Å². The molecule has 1 aliphatic heterocycles. The SMILES string of the molecule is COc1ccccc1C1CN(C(=O)CCCn2cnnn2)CC1C(=O)O. The van der Waals surface area contributed by atoms with Gasteiger partial charge in [-0.15, -0.1) is 5.10 Å². The summed E-state index contributed by atoms with van der Waals surface area (Å²) in [5.74, 6) is -1.23. The van der Waals surface area contributed by atoms with Crippen LogP contribution in [0.5, 0.6) is 5.75 Å². The number of benzene rings is 1. The molecule has 1 aliphatic rings. The zero-order valence-electron chi connectivity index (χ0n) is 14.5. The van der Waals surface area contributed by atoms with Gasteiger partial charge in [-0.1, -0.05) is 18.2 Å². The summed E-state index contributed by atoms with van der Waals surface area (Å²) in [5, 5.41) is 20.5. The molecule has 2 aromatic rings. The number of ether oxygens (including phenoxy) is 1. The number of nitrogens with zero attached hydrogens (tertiary/aromatic N) is 5. The first-order valence-corrected chi connectivity index (χ1v) is 8.44. The van der Waals surface area contributed by atoms with Crippen molar-refractivity contribution in [1.29, 1.82) is 0 Å². The maximum Gasteiger partial charge on any atom is 0.308 e. The molecule has 0 radical (unpaired) electrons. The zero-order valence-corrected chi connectivity index (χ0v) is 14.5. The summed E-state index contributed by atoms with van der Waals surface area (Å²) in [6.45, 7) is 1.13. The summed E-state index contributed by atoms with van der Waals surface area (Å²) in [6.07, 6.45) is 2.42. The number of hydrogen-bond donors (Lipinski definition) is 1. The van der Waals surface area contributed by atoms with Crippen molar-refractivity contribution in [3.63, 3.8) is 0 Å². The Morgan fingerprint density at radius 1 is 1.31 bits per heavy atom. The molecule has 0 bridgehead atoms. The first-order chi connectivity index (χ1) is 12.6. The maximum absolute atomic E-state index is 12.5. The summed E-state index contributed by atoms with van der Waals surface area (Å²) in [7, 11) is 1.56. The van der Waals surface area contributed by atoms with E-state index in [0.717, 1.165) is 5.56 Å². The topological polar surface area (TPSA) is 110 Å². The van der Waals surface area contributed by atoms with E-state index in [9.17, 15) is 14.7 Å². The molecule has 0 aliphatic carbocycles. The Morgan fingerprint density at radius 2 is 2.12 bits per heavy atom. The van der Waals surface area contributed by atoms with Crippen LogP contribution in [0.15, 0.2) is 30.6 Å². The molecule has 1 fully saturated rings. The van der Waals surface area contributed by atoms with Crippen molar-refractivity contribution in [1.82, 2.24) is 25.1 Å². The third-order valence-corrected chi connectivity index (χ3v) is 4.70. The van der Waals surface area contributed by atoms with Gasteiger partial charge in [0.2, 0.25) is 5.91 Å². The van der Waals surface area contributed by atoms with Crippen molar-refractivity contribution in [2.75, 3.05) is 20.2 Å². The fourth-order valence-corrected chi connectivity index (χ4v) is 3.38. The third kappa shape index (κ3) is 3.81. The number of carbonyl (C=O) groups is 2. The molecule has 138 valence electrons. The van der Waals surface area contributed by atoms with Crippen LogP contribution in [0.25, 0.3) is 0 Å². The number of aryl methyl sites for hydroxylation is 1. The number of hydrogen-bond acceptors (Lipinski definition) is 6. The van der Waals surface area contributed by atoms with E-state index in [4.69, 9.17) is 4.74 Å². The van der Waals surface area contributed by atoms with Crippen molar-refractivity contribution in [2.45, 2.75) is 25.3 Å². The van der Waals surface area contributed by atoms with Gasteiger partial charge in [0.05, 0.1) is 13.0 Å². The van der Waals surface area contributed by atoms with Crippen molar-refractivity contribution < 1.29 is 19.4 Å². The predicted octanol–water partition coefficient (Wildman–Crippen LogP) is 0.789. The Kier molecular flexibility index (Phi) is 5.45. The molecule has 1 saturated heterocycles. The maximum atomic E-state index is 12.5. The fraction of sp³-hybridized carbons (Fsp3) is 0.471. The molecule has 9 heteroatoms. The molecule has 26 heavy (non-hydrogen) atoms. The number of carboxylic acid groups (broad SMARTS) is 1. The van der Waals surface area contributed by atoms with Crippen LogP contribution in [-0.2, 0) is 16.1 Å². The average Bonchev–Trinajstić information content (AvgIpc) is 3.31. The third-order valence-electron chi connectivity index (χ3n) is 4.70. The summed E-state index contributed by atoms with van der Waals surface area (Å²) in [6, 6.07) is 7.37. The molecule has 3 rings (SSSR count). The quantitative estimate of drug-likeness (QED) is 0.778. The summed E-state index contributed by atoms with van der Waals surface area (Å²) in [4.78, 5) is 25.9. The van der Waals surface area contributed by atoms with Crippen LogP contribution in [0.4, 0.5) is 0 Å². The number of rotatable bonds is 7. The van der Waals surface area contributed by atoms with Crippen LogP contribution in [0.1, 0.15) is 24.3 Å². The van der Waals surface area contributed by atoms with Crippen LogP contribution in [0, 0.1) is 5.92 Å². The minimum atomic E-state index is -0.898. The van der Waals surface area contributed by atoms with Gasteiger partial charge < -0.3 is 14.7 Å². The Labute approximate surface area is 150 Å². The number of aromatic nitrogens is 4. The van der Waals surface area contributed by atoms with Gasteiger partial charge in [0.25, 0.3) is 0 Å². The lowest BCUT2D eigenvalue weighted by Gasteiger charge is -2.18. The van der Waals surface area contributed by atoms with E-state index in [0.29, 0.717) is 31.7 Å². The highest BCUT2D eigenvalue weighted by Crippen LogP contribution is 2.37. The number of carbonyl (C=O) groups excluding carboxylic acids is 1. The van der Waals surface area contributed by atoms with Crippen molar-refractivity contribution in [3.05, 3.63) is 36.2 Å². The fourth-order valence-electron chi connectivity index (χ4n) is 3.38. The molecule has 1 aromatic carbocycles. The average molecular weight is 359 g/mol. The van der Waals surface area contributed by atoms with Crippen LogP contribution in [0.2, 0.25) is 0 Å². The van der Waals surface area contributed by atoms with Gasteiger partial charge in [-0.25, -0.2) is 4.68 Å². The lowest BCUT2D eigenvalue weighted by atomic mass is 9.88. The monoisotopic (exact) mass is 359 g/mol. The van der Waals surface area contributed by atoms with Crippen molar-refractivity contribution >= 4 is 11.9 Å². The molecule has 0 spiro atoms. The first-order valence-electron chi connectivity index (χ1n) is 8.44. The van der Waals surface area contributed by atoms with Crippen LogP contribution in [-0.4, -0.2) is 62.3 Å². The number of para-hydroxylation sites is 1. The van der Waals surface area contributed by atoms with Gasteiger partial charge in [-0.05, 0) is 28.5 Å². The Hall–Kier alpha value is -2.97. The lowest BCUT2D eigenvalue weighted by molar-refractivity contribution is -0.141. The van der Waals surface area contributed by atoms with Crippen LogP contribution in [0.3, 0.4) is 0 Å². The molecule has 2 atom stereocenters. The highest BCUT2D eigenvalue weighted by molar-refractivity contribution is 5.79. The molecule has 0 saturated carbocycles. The number of likely N-dealkylation sites (tertiary alicyclic amines) is 1. The van der Waals surface area contributed by atoms with Crippen molar-refractivity contribution in [3.8, 4) is 5.75 Å². The Bertz CT molecular complexity index is 764. The highest BCUT2D eigenvalue weighted by atomic mass is 16.5. The Balaban J connectivity index is 1.66. The number of carboxylic acids is 1. The normalized spacial score (nSPS) is 19.5. The molecule has 1 amide bonds.